The Morgan fingerprint density at radius 1 is 0.962 bits per heavy atom. The quantitative estimate of drug-likeness (QED) is 0.185. The molecular weight excluding hydrogens is 673 g/mol. The molecule has 5 aliphatic rings. The van der Waals surface area contributed by atoms with Crippen LogP contribution >= 0.6 is 0 Å². The number of benzene rings is 1. The fraction of sp³-hybridized carbons (Fsp3) is 0.780. The molecule has 4 unspecified atom stereocenters. The van der Waals surface area contributed by atoms with Gasteiger partial charge in [-0.05, 0) is 142 Å². The van der Waals surface area contributed by atoms with E-state index in [2.05, 4.69) is 31.0 Å². The number of methoxy groups -OCH3 is 1. The van der Waals surface area contributed by atoms with E-state index < -0.39 is 35.8 Å². The molecular formula is C41H66BN3O8. The molecule has 4 aliphatic carbocycles. The van der Waals surface area contributed by atoms with Gasteiger partial charge >= 0.3 is 19.2 Å². The van der Waals surface area contributed by atoms with Crippen LogP contribution in [0.25, 0.3) is 0 Å². The van der Waals surface area contributed by atoms with Crippen LogP contribution < -0.4 is 10.1 Å². The standard InChI is InChI=1S/C41H66BN3O8/c1-38(2,3)50-36(47)30-15-13-14-27(35(30)49-12)23-33(42-52-32-25-28-24-31(40(28,7)8)41(32,9)53-42)43-34(46)22-26-16-18-29(19-17-26)45(21-20-44(10)11)37(48)51-39(4,5)6/h13-15,26,28-29,31-33H,16-25H2,1-12H3,(H,43,46)/t26-,28?,29-,31?,32?,33-,41?/m0/s1. The van der Waals surface area contributed by atoms with Crippen molar-refractivity contribution in [2.45, 2.75) is 149 Å². The lowest BCUT2D eigenvalue weighted by Gasteiger charge is -2.64. The molecule has 12 heteroatoms. The van der Waals surface area contributed by atoms with Gasteiger partial charge in [0.25, 0.3) is 0 Å². The van der Waals surface area contributed by atoms with Gasteiger partial charge in [-0.2, -0.15) is 0 Å². The lowest BCUT2D eigenvalue weighted by Crippen LogP contribution is -2.65. The van der Waals surface area contributed by atoms with E-state index >= 15 is 0 Å². The molecule has 5 atom stereocenters. The number of amides is 2. The van der Waals surface area contributed by atoms with Gasteiger partial charge in [0.05, 0.1) is 24.8 Å². The van der Waals surface area contributed by atoms with Gasteiger partial charge in [0.2, 0.25) is 5.91 Å². The smallest absolute Gasteiger partial charge is 0.482 e. The number of hydrogen-bond donors (Lipinski definition) is 1. The normalized spacial score (nSPS) is 28.4. The lowest BCUT2D eigenvalue weighted by molar-refractivity contribution is -0.199. The summed E-state index contributed by atoms with van der Waals surface area (Å²) in [7, 11) is 4.90. The minimum atomic E-state index is -0.667. The molecule has 2 bridgehead atoms. The molecule has 0 spiro atoms. The van der Waals surface area contributed by atoms with Gasteiger partial charge in [-0.3, -0.25) is 4.79 Å². The number of carbonyl (C=O) groups is 3. The number of nitrogens with one attached hydrogen (secondary N) is 1. The van der Waals surface area contributed by atoms with Crippen molar-refractivity contribution in [1.29, 1.82) is 0 Å². The van der Waals surface area contributed by atoms with Gasteiger partial charge in [0.15, 0.2) is 0 Å². The summed E-state index contributed by atoms with van der Waals surface area (Å²) in [5, 5.41) is 3.33. The summed E-state index contributed by atoms with van der Waals surface area (Å²) in [4.78, 5) is 44.4. The van der Waals surface area contributed by atoms with Crippen molar-refractivity contribution in [3.8, 4) is 5.75 Å². The number of nitrogens with zero attached hydrogens (tertiary/aromatic N) is 2. The van der Waals surface area contributed by atoms with E-state index in [1.165, 1.54) is 0 Å². The summed E-state index contributed by atoms with van der Waals surface area (Å²) >= 11 is 0. The Morgan fingerprint density at radius 3 is 2.21 bits per heavy atom. The zero-order chi connectivity index (χ0) is 39.1. The van der Waals surface area contributed by atoms with E-state index in [0.717, 1.165) is 50.6 Å². The van der Waals surface area contributed by atoms with Crippen LogP contribution in [0.2, 0.25) is 0 Å². The highest BCUT2D eigenvalue weighted by Gasteiger charge is 2.68. The van der Waals surface area contributed by atoms with Crippen LogP contribution in [0.15, 0.2) is 18.2 Å². The third-order valence-electron chi connectivity index (χ3n) is 12.2. The van der Waals surface area contributed by atoms with E-state index in [0.29, 0.717) is 42.5 Å². The number of rotatable bonds is 12. The van der Waals surface area contributed by atoms with Gasteiger partial charge in [0.1, 0.15) is 22.5 Å². The Balaban J connectivity index is 1.30. The fourth-order valence-electron chi connectivity index (χ4n) is 9.24. The monoisotopic (exact) mass is 739 g/mol. The van der Waals surface area contributed by atoms with Crippen LogP contribution in [0.3, 0.4) is 0 Å². The van der Waals surface area contributed by atoms with Crippen LogP contribution in [0.5, 0.6) is 5.75 Å². The largest absolute Gasteiger partial charge is 0.496 e. The predicted octanol–water partition coefficient (Wildman–Crippen LogP) is 6.69. The molecule has 1 aliphatic heterocycles. The van der Waals surface area contributed by atoms with Gasteiger partial charge in [-0.15, -0.1) is 0 Å². The topological polar surface area (TPSA) is 116 Å². The van der Waals surface area contributed by atoms with Crippen molar-refractivity contribution in [1.82, 2.24) is 15.1 Å². The van der Waals surface area contributed by atoms with E-state index in [-0.39, 0.29) is 35.5 Å². The molecule has 2 amide bonds. The molecule has 11 nitrogen and oxygen atoms in total. The third kappa shape index (κ3) is 9.53. The van der Waals surface area contributed by atoms with E-state index in [1.54, 1.807) is 13.2 Å². The Morgan fingerprint density at radius 2 is 1.62 bits per heavy atom. The SMILES string of the molecule is COc1c(C[C@H](NC(=O)C[C@H]2CC[C@H](N(CCN(C)C)C(=O)OC(C)(C)C)CC2)B2OC3CC4CC(C4(C)C)C3(C)O2)cccc1C(=O)OC(C)(C)C. The maximum atomic E-state index is 14.0. The number of para-hydroxylation sites is 1. The van der Waals surface area contributed by atoms with Gasteiger partial charge in [0, 0.05) is 25.6 Å². The van der Waals surface area contributed by atoms with E-state index in [4.69, 9.17) is 23.5 Å². The van der Waals surface area contributed by atoms with Crippen molar-refractivity contribution in [3.63, 3.8) is 0 Å². The second kappa shape index (κ2) is 15.7. The Bertz CT molecular complexity index is 1480. The number of carbonyl (C=O) groups excluding carboxylic acids is 3. The van der Waals surface area contributed by atoms with Gasteiger partial charge in [-0.1, -0.05) is 26.0 Å². The Kier molecular flexibility index (Phi) is 12.3. The van der Waals surface area contributed by atoms with Crippen LogP contribution in [-0.2, 0) is 30.0 Å². The molecule has 1 aromatic carbocycles. The maximum absolute atomic E-state index is 14.0. The summed E-state index contributed by atoms with van der Waals surface area (Å²) in [5.74, 6) is 0.535. The second-order valence-corrected chi connectivity index (χ2v) is 19.1. The predicted molar refractivity (Wildman–Crippen MR) is 206 cm³/mol. The van der Waals surface area contributed by atoms with E-state index in [9.17, 15) is 14.4 Å². The average molecular weight is 740 g/mol. The zero-order valence-corrected chi connectivity index (χ0v) is 34.5. The highest BCUT2D eigenvalue weighted by atomic mass is 16.7. The molecule has 0 radical (unpaired) electrons. The molecule has 1 aromatic rings. The van der Waals surface area contributed by atoms with Crippen LogP contribution in [-0.4, -0.2) is 104 Å². The summed E-state index contributed by atoms with van der Waals surface area (Å²) in [5.41, 5.74) is -0.405. The lowest BCUT2D eigenvalue weighted by atomic mass is 9.43. The second-order valence-electron chi connectivity index (χ2n) is 19.1. The zero-order valence-electron chi connectivity index (χ0n) is 34.5. The summed E-state index contributed by atoms with van der Waals surface area (Å²) in [6, 6.07) is 5.52. The molecule has 1 saturated heterocycles. The van der Waals surface area contributed by atoms with Crippen LogP contribution in [0.4, 0.5) is 4.79 Å². The van der Waals surface area contributed by atoms with Crippen LogP contribution in [0, 0.1) is 23.2 Å². The van der Waals surface area contributed by atoms with Crippen molar-refractivity contribution in [3.05, 3.63) is 29.3 Å². The van der Waals surface area contributed by atoms with Gasteiger partial charge in [-0.25, -0.2) is 9.59 Å². The first-order valence-corrected chi connectivity index (χ1v) is 19.8. The first-order chi connectivity index (χ1) is 24.6. The third-order valence-corrected chi connectivity index (χ3v) is 12.2. The highest BCUT2D eigenvalue weighted by molar-refractivity contribution is 6.48. The number of ether oxygens (including phenoxy) is 3. The Labute approximate surface area is 318 Å². The first-order valence-electron chi connectivity index (χ1n) is 19.8. The summed E-state index contributed by atoms with van der Waals surface area (Å²) in [6.07, 6.45) is 5.76. The average Bonchev–Trinajstić information content (AvgIpc) is 3.40. The summed E-state index contributed by atoms with van der Waals surface area (Å²) < 4.78 is 30.9. The van der Waals surface area contributed by atoms with E-state index in [1.807, 2.05) is 72.7 Å². The fourth-order valence-corrected chi connectivity index (χ4v) is 9.24. The number of likely N-dealkylation sites (N-methyl/N-ethyl adjacent to an activating group) is 1. The minimum absolute atomic E-state index is 0.0469. The van der Waals surface area contributed by atoms with Crippen molar-refractivity contribution in [2.24, 2.45) is 23.2 Å². The molecule has 53 heavy (non-hydrogen) atoms. The summed E-state index contributed by atoms with van der Waals surface area (Å²) in [6.45, 7) is 19.4. The van der Waals surface area contributed by atoms with Crippen molar-refractivity contribution in [2.75, 3.05) is 34.3 Å². The molecule has 296 valence electrons. The van der Waals surface area contributed by atoms with Crippen molar-refractivity contribution >= 4 is 25.1 Å². The van der Waals surface area contributed by atoms with Crippen molar-refractivity contribution < 1.29 is 37.9 Å². The highest BCUT2D eigenvalue weighted by Crippen LogP contribution is 2.65. The maximum Gasteiger partial charge on any atom is 0.482 e. The molecule has 0 aromatic heterocycles. The first kappa shape index (κ1) is 41.3. The minimum Gasteiger partial charge on any atom is -0.496 e. The molecule has 6 rings (SSSR count). The molecule has 4 saturated carbocycles. The number of esters is 1. The van der Waals surface area contributed by atoms with Gasteiger partial charge < -0.3 is 38.6 Å². The Hall–Kier alpha value is -2.83. The van der Waals surface area contributed by atoms with Crippen LogP contribution in [0.1, 0.15) is 123 Å². The molecule has 5 fully saturated rings. The molecule has 1 heterocycles. The number of hydrogen-bond acceptors (Lipinski definition) is 9. The molecule has 1 N–H and O–H groups in total.